The minimum Gasteiger partial charge on any atom is -0.494 e. The van der Waals surface area contributed by atoms with Crippen LogP contribution in [-0.4, -0.2) is 45.2 Å². The summed E-state index contributed by atoms with van der Waals surface area (Å²) in [5.74, 6) is 0.611. The molecule has 2 N–H and O–H groups in total. The van der Waals surface area contributed by atoms with E-state index in [2.05, 4.69) is 10.6 Å². The van der Waals surface area contributed by atoms with Crippen LogP contribution in [0.3, 0.4) is 0 Å². The summed E-state index contributed by atoms with van der Waals surface area (Å²) in [7, 11) is -3.54. The standard InChI is InChI=1S/C20H25N3O6S/c1-15-5-7-16(8-6-15)29-13-3-4-20(24)22-12-11-21-18-10-9-17(30(2,27)28)14-19(18)23(25)26/h5-10,14,21H,3-4,11-13H2,1-2H3,(H,22,24). The lowest BCUT2D eigenvalue weighted by atomic mass is 10.2. The summed E-state index contributed by atoms with van der Waals surface area (Å²) in [6, 6.07) is 11.3. The number of rotatable bonds is 11. The average molecular weight is 436 g/mol. The zero-order valence-corrected chi connectivity index (χ0v) is 17.7. The summed E-state index contributed by atoms with van der Waals surface area (Å²) in [5, 5.41) is 16.8. The summed E-state index contributed by atoms with van der Waals surface area (Å²) < 4.78 is 28.7. The van der Waals surface area contributed by atoms with E-state index in [0.717, 1.165) is 23.6 Å². The van der Waals surface area contributed by atoms with Crippen LogP contribution < -0.4 is 15.4 Å². The molecule has 2 rings (SSSR count). The molecule has 0 unspecified atom stereocenters. The van der Waals surface area contributed by atoms with Crippen molar-refractivity contribution in [2.75, 3.05) is 31.3 Å². The van der Waals surface area contributed by atoms with Crippen molar-refractivity contribution in [2.45, 2.75) is 24.7 Å². The van der Waals surface area contributed by atoms with Crippen LogP contribution >= 0.6 is 0 Å². The number of sulfone groups is 1. The van der Waals surface area contributed by atoms with Crippen molar-refractivity contribution in [2.24, 2.45) is 0 Å². The van der Waals surface area contributed by atoms with Gasteiger partial charge in [-0.05, 0) is 37.6 Å². The number of benzene rings is 2. The first-order valence-electron chi connectivity index (χ1n) is 9.35. The Labute approximate surface area is 175 Å². The number of nitro groups is 1. The molecule has 162 valence electrons. The van der Waals surface area contributed by atoms with Crippen molar-refractivity contribution in [1.82, 2.24) is 5.32 Å². The van der Waals surface area contributed by atoms with E-state index in [1.165, 1.54) is 12.1 Å². The van der Waals surface area contributed by atoms with Crippen LogP contribution in [0.5, 0.6) is 5.75 Å². The van der Waals surface area contributed by atoms with Crippen LogP contribution in [0, 0.1) is 17.0 Å². The molecule has 0 saturated carbocycles. The Morgan fingerprint density at radius 3 is 2.47 bits per heavy atom. The maximum absolute atomic E-state index is 11.9. The Morgan fingerprint density at radius 2 is 1.83 bits per heavy atom. The van der Waals surface area contributed by atoms with Crippen molar-refractivity contribution in [3.8, 4) is 5.75 Å². The monoisotopic (exact) mass is 435 g/mol. The van der Waals surface area contributed by atoms with E-state index in [4.69, 9.17) is 4.74 Å². The number of amides is 1. The normalized spacial score (nSPS) is 11.0. The van der Waals surface area contributed by atoms with E-state index >= 15 is 0 Å². The Bertz CT molecular complexity index is 990. The molecule has 30 heavy (non-hydrogen) atoms. The first-order valence-corrected chi connectivity index (χ1v) is 11.2. The maximum Gasteiger partial charge on any atom is 0.293 e. The second-order valence-electron chi connectivity index (χ2n) is 6.75. The van der Waals surface area contributed by atoms with Gasteiger partial charge in [0.15, 0.2) is 9.84 Å². The number of aryl methyl sites for hydroxylation is 1. The fraction of sp³-hybridized carbons (Fsp3) is 0.350. The molecule has 0 heterocycles. The molecule has 2 aromatic carbocycles. The highest BCUT2D eigenvalue weighted by Gasteiger charge is 2.18. The van der Waals surface area contributed by atoms with Gasteiger partial charge in [0.25, 0.3) is 5.69 Å². The van der Waals surface area contributed by atoms with E-state index < -0.39 is 14.8 Å². The first-order chi connectivity index (χ1) is 14.2. The van der Waals surface area contributed by atoms with Crippen molar-refractivity contribution in [1.29, 1.82) is 0 Å². The smallest absolute Gasteiger partial charge is 0.293 e. The molecular weight excluding hydrogens is 410 g/mol. The number of nitro benzene ring substituents is 1. The summed E-state index contributed by atoms with van der Waals surface area (Å²) >= 11 is 0. The fourth-order valence-electron chi connectivity index (χ4n) is 2.59. The molecule has 0 saturated heterocycles. The third kappa shape index (κ3) is 7.36. The molecule has 0 aliphatic heterocycles. The maximum atomic E-state index is 11.9. The number of anilines is 1. The predicted octanol–water partition coefficient (Wildman–Crippen LogP) is 2.69. The third-order valence-corrected chi connectivity index (χ3v) is 5.30. The topological polar surface area (TPSA) is 128 Å². The van der Waals surface area contributed by atoms with E-state index in [-0.39, 0.29) is 35.3 Å². The summed E-state index contributed by atoms with van der Waals surface area (Å²) in [6.07, 6.45) is 1.85. The van der Waals surface area contributed by atoms with Crippen LogP contribution in [0.15, 0.2) is 47.4 Å². The van der Waals surface area contributed by atoms with Gasteiger partial charge in [0.05, 0.1) is 16.4 Å². The largest absolute Gasteiger partial charge is 0.494 e. The summed E-state index contributed by atoms with van der Waals surface area (Å²) in [4.78, 5) is 22.3. The first kappa shape index (κ1) is 23.1. The van der Waals surface area contributed by atoms with E-state index in [0.29, 0.717) is 19.4 Å². The van der Waals surface area contributed by atoms with E-state index in [1.807, 2.05) is 31.2 Å². The Morgan fingerprint density at radius 1 is 1.13 bits per heavy atom. The molecule has 0 aromatic heterocycles. The zero-order chi connectivity index (χ0) is 22.1. The lowest BCUT2D eigenvalue weighted by molar-refractivity contribution is -0.384. The number of nitrogens with one attached hydrogen (secondary N) is 2. The molecular formula is C20H25N3O6S. The van der Waals surface area contributed by atoms with Gasteiger partial charge in [-0.15, -0.1) is 0 Å². The Balaban J connectivity index is 1.72. The van der Waals surface area contributed by atoms with Crippen molar-refractivity contribution >= 4 is 27.1 Å². The highest BCUT2D eigenvalue weighted by atomic mass is 32.2. The molecule has 0 radical (unpaired) electrons. The molecule has 0 fully saturated rings. The number of nitrogens with zero attached hydrogens (tertiary/aromatic N) is 1. The second-order valence-corrected chi connectivity index (χ2v) is 8.77. The van der Waals surface area contributed by atoms with Gasteiger partial charge in [0.1, 0.15) is 11.4 Å². The van der Waals surface area contributed by atoms with Gasteiger partial charge in [-0.1, -0.05) is 17.7 Å². The highest BCUT2D eigenvalue weighted by Crippen LogP contribution is 2.27. The SMILES string of the molecule is Cc1ccc(OCCCC(=O)NCCNc2ccc(S(C)(=O)=O)cc2[N+](=O)[O-])cc1. The van der Waals surface area contributed by atoms with E-state index in [9.17, 15) is 23.3 Å². The number of ether oxygens (including phenoxy) is 1. The van der Waals surface area contributed by atoms with Crippen LogP contribution in [0.2, 0.25) is 0 Å². The highest BCUT2D eigenvalue weighted by molar-refractivity contribution is 7.90. The zero-order valence-electron chi connectivity index (χ0n) is 16.9. The average Bonchev–Trinajstić information content (AvgIpc) is 2.69. The molecule has 0 spiro atoms. The van der Waals surface area contributed by atoms with Gasteiger partial charge in [-0.3, -0.25) is 14.9 Å². The summed E-state index contributed by atoms with van der Waals surface area (Å²) in [6.45, 7) is 2.94. The molecule has 0 aliphatic rings. The lowest BCUT2D eigenvalue weighted by Crippen LogP contribution is -2.29. The molecule has 2 aromatic rings. The molecule has 0 atom stereocenters. The molecule has 10 heteroatoms. The minimum atomic E-state index is -3.54. The Hall–Kier alpha value is -3.14. The van der Waals surface area contributed by atoms with E-state index in [1.54, 1.807) is 0 Å². The molecule has 1 amide bonds. The molecule has 9 nitrogen and oxygen atoms in total. The van der Waals surface area contributed by atoms with Crippen molar-refractivity contribution in [3.05, 3.63) is 58.1 Å². The molecule has 0 bridgehead atoms. The second kappa shape index (κ2) is 10.6. The molecule has 0 aliphatic carbocycles. The number of carbonyl (C=O) groups is 1. The van der Waals surface area contributed by atoms with Crippen molar-refractivity contribution in [3.63, 3.8) is 0 Å². The van der Waals surface area contributed by atoms with Crippen LogP contribution in [-0.2, 0) is 14.6 Å². The van der Waals surface area contributed by atoms with Crippen LogP contribution in [0.1, 0.15) is 18.4 Å². The number of carbonyl (C=O) groups excluding carboxylic acids is 1. The van der Waals surface area contributed by atoms with Gasteiger partial charge >= 0.3 is 0 Å². The van der Waals surface area contributed by atoms with Crippen LogP contribution in [0.25, 0.3) is 0 Å². The number of hydrogen-bond acceptors (Lipinski definition) is 7. The van der Waals surface area contributed by atoms with Crippen molar-refractivity contribution < 1.29 is 22.9 Å². The van der Waals surface area contributed by atoms with Crippen LogP contribution in [0.4, 0.5) is 11.4 Å². The van der Waals surface area contributed by atoms with Gasteiger partial charge < -0.3 is 15.4 Å². The number of hydrogen-bond donors (Lipinski definition) is 2. The summed E-state index contributed by atoms with van der Waals surface area (Å²) in [5.41, 5.74) is 0.998. The third-order valence-electron chi connectivity index (χ3n) is 4.19. The lowest BCUT2D eigenvalue weighted by Gasteiger charge is -2.10. The van der Waals surface area contributed by atoms with Gasteiger partial charge in [0.2, 0.25) is 5.91 Å². The van der Waals surface area contributed by atoms with Gasteiger partial charge in [0, 0.05) is 31.8 Å². The predicted molar refractivity (Wildman–Crippen MR) is 114 cm³/mol. The van der Waals surface area contributed by atoms with Gasteiger partial charge in [-0.2, -0.15) is 0 Å². The Kier molecular flexibility index (Phi) is 8.16. The van der Waals surface area contributed by atoms with Gasteiger partial charge in [-0.25, -0.2) is 8.42 Å². The fourth-order valence-corrected chi connectivity index (χ4v) is 3.23. The quantitative estimate of drug-likeness (QED) is 0.315. The minimum absolute atomic E-state index is 0.124.